The molecule has 0 saturated heterocycles. The van der Waals surface area contributed by atoms with Crippen molar-refractivity contribution in [1.82, 2.24) is 24.6 Å². The van der Waals surface area contributed by atoms with E-state index >= 15 is 0 Å². The Morgan fingerprint density at radius 2 is 2.00 bits per heavy atom. The SMILES string of the molecule is CC1CCc2ccc(Br)cc2C12Cc1nc(S(C)(=O)=O)nc(N3CCCn4nc(C(=O)N(C)C)cc4C3)c1CO2. The molecule has 0 fully saturated rings. The molecule has 0 bridgehead atoms. The number of rotatable bonds is 3. The Hall–Kier alpha value is -2.83. The summed E-state index contributed by atoms with van der Waals surface area (Å²) >= 11 is 3.63. The number of amides is 1. The normalized spacial score (nSPS) is 22.3. The van der Waals surface area contributed by atoms with Crippen LogP contribution in [0.3, 0.4) is 0 Å². The molecule has 0 N–H and O–H groups in total. The van der Waals surface area contributed by atoms with E-state index < -0.39 is 15.4 Å². The Balaban J connectivity index is 1.44. The van der Waals surface area contributed by atoms with Gasteiger partial charge in [-0.05, 0) is 54.5 Å². The average Bonchev–Trinajstić information content (AvgIpc) is 3.20. The first-order valence-corrected chi connectivity index (χ1v) is 16.2. The molecular weight excluding hydrogens is 596 g/mol. The molecule has 1 amide bonds. The molecule has 2 unspecified atom stereocenters. The number of benzene rings is 1. The quantitative estimate of drug-likeness (QED) is 0.405. The first-order valence-electron chi connectivity index (χ1n) is 13.5. The Kier molecular flexibility index (Phi) is 6.78. The van der Waals surface area contributed by atoms with Crippen LogP contribution in [-0.4, -0.2) is 65.9 Å². The van der Waals surface area contributed by atoms with Gasteiger partial charge in [0.05, 0.1) is 24.5 Å². The molecule has 0 radical (unpaired) electrons. The summed E-state index contributed by atoms with van der Waals surface area (Å²) in [5.41, 5.74) is 4.62. The molecule has 1 aliphatic carbocycles. The largest absolute Gasteiger partial charge is 0.365 e. The molecule has 212 valence electrons. The van der Waals surface area contributed by atoms with E-state index in [-0.39, 0.29) is 23.6 Å². The molecule has 2 aromatic heterocycles. The van der Waals surface area contributed by atoms with Crippen molar-refractivity contribution in [2.24, 2.45) is 5.92 Å². The number of halogens is 1. The van der Waals surface area contributed by atoms with Crippen LogP contribution in [0.5, 0.6) is 0 Å². The number of nitrogens with zero attached hydrogens (tertiary/aromatic N) is 6. The van der Waals surface area contributed by atoms with Crippen molar-refractivity contribution in [2.75, 3.05) is 31.8 Å². The van der Waals surface area contributed by atoms with Crippen molar-refractivity contribution >= 4 is 37.5 Å². The summed E-state index contributed by atoms with van der Waals surface area (Å²) in [6, 6.07) is 8.16. The molecule has 3 aliphatic rings. The van der Waals surface area contributed by atoms with Gasteiger partial charge in [0, 0.05) is 49.9 Å². The lowest BCUT2D eigenvalue weighted by atomic mass is 9.69. The summed E-state index contributed by atoms with van der Waals surface area (Å²) in [5, 5.41) is 4.37. The molecule has 12 heteroatoms. The maximum Gasteiger partial charge on any atom is 0.273 e. The van der Waals surface area contributed by atoms with E-state index in [9.17, 15) is 13.2 Å². The van der Waals surface area contributed by atoms with Gasteiger partial charge in [0.1, 0.15) is 11.4 Å². The lowest BCUT2D eigenvalue weighted by Gasteiger charge is -2.47. The van der Waals surface area contributed by atoms with Crippen molar-refractivity contribution in [3.8, 4) is 0 Å². The van der Waals surface area contributed by atoms with Gasteiger partial charge >= 0.3 is 0 Å². The van der Waals surface area contributed by atoms with Crippen LogP contribution in [0.4, 0.5) is 5.82 Å². The van der Waals surface area contributed by atoms with Crippen LogP contribution in [0.25, 0.3) is 0 Å². The van der Waals surface area contributed by atoms with Gasteiger partial charge in [-0.1, -0.05) is 28.9 Å². The number of aromatic nitrogens is 4. The van der Waals surface area contributed by atoms with E-state index in [0.717, 1.165) is 52.5 Å². The van der Waals surface area contributed by atoms with E-state index in [0.29, 0.717) is 37.6 Å². The van der Waals surface area contributed by atoms with Crippen LogP contribution in [0.15, 0.2) is 33.9 Å². The standard InChI is InChI=1S/C28H33BrN6O4S/c1-17-6-7-18-8-9-19(29)12-22(18)28(17)14-24-21(16-39-28)25(31-27(30-24)40(4,37)38)34-10-5-11-35-20(15-34)13-23(32-35)26(36)33(2)3/h8-9,12-13,17H,5-7,10-11,14-16H2,1-4H3. The summed E-state index contributed by atoms with van der Waals surface area (Å²) in [6.45, 7) is 4.24. The van der Waals surface area contributed by atoms with Gasteiger partial charge in [-0.25, -0.2) is 18.4 Å². The Bertz CT molecular complexity index is 1620. The maximum absolute atomic E-state index is 12.8. The number of carbonyl (C=O) groups is 1. The third kappa shape index (κ3) is 4.63. The fourth-order valence-corrected chi connectivity index (χ4v) is 7.10. The van der Waals surface area contributed by atoms with Crippen molar-refractivity contribution in [3.63, 3.8) is 0 Å². The molecule has 2 aliphatic heterocycles. The summed E-state index contributed by atoms with van der Waals surface area (Å²) in [6.07, 6.45) is 4.34. The lowest BCUT2D eigenvalue weighted by Crippen LogP contribution is -2.46. The van der Waals surface area contributed by atoms with Crippen molar-refractivity contribution < 1.29 is 17.9 Å². The smallest absolute Gasteiger partial charge is 0.273 e. The average molecular weight is 630 g/mol. The molecule has 1 aromatic carbocycles. The Morgan fingerprint density at radius 3 is 2.75 bits per heavy atom. The van der Waals surface area contributed by atoms with E-state index in [1.54, 1.807) is 14.1 Å². The first kappa shape index (κ1) is 27.3. The van der Waals surface area contributed by atoms with Gasteiger partial charge in [0.25, 0.3) is 5.91 Å². The van der Waals surface area contributed by atoms with Gasteiger partial charge in [-0.15, -0.1) is 0 Å². The summed E-state index contributed by atoms with van der Waals surface area (Å²) in [5.74, 6) is 0.647. The molecule has 6 rings (SSSR count). The predicted octanol–water partition coefficient (Wildman–Crippen LogP) is 3.50. The van der Waals surface area contributed by atoms with Crippen LogP contribution in [-0.2, 0) is 52.7 Å². The van der Waals surface area contributed by atoms with Crippen LogP contribution in [0.1, 0.15) is 58.3 Å². The summed E-state index contributed by atoms with van der Waals surface area (Å²) in [4.78, 5) is 25.4. The number of ether oxygens (including phenoxy) is 1. The highest BCUT2D eigenvalue weighted by atomic mass is 79.9. The minimum Gasteiger partial charge on any atom is -0.365 e. The Morgan fingerprint density at radius 1 is 1.20 bits per heavy atom. The van der Waals surface area contributed by atoms with Gasteiger partial charge in [0.15, 0.2) is 5.69 Å². The number of sulfone groups is 1. The van der Waals surface area contributed by atoms with E-state index in [2.05, 4.69) is 61.0 Å². The molecule has 3 aromatic rings. The monoisotopic (exact) mass is 628 g/mol. The second-order valence-corrected chi connectivity index (χ2v) is 14.2. The fraction of sp³-hybridized carbons (Fsp3) is 0.500. The topological polar surface area (TPSA) is 111 Å². The van der Waals surface area contributed by atoms with E-state index in [1.807, 2.05) is 10.7 Å². The highest BCUT2D eigenvalue weighted by molar-refractivity contribution is 9.10. The van der Waals surface area contributed by atoms with Gasteiger partial charge in [0.2, 0.25) is 15.0 Å². The second kappa shape index (κ2) is 9.92. The highest BCUT2D eigenvalue weighted by Gasteiger charge is 2.47. The number of fused-ring (bicyclic) bond motifs is 4. The maximum atomic E-state index is 12.8. The molecule has 40 heavy (non-hydrogen) atoms. The molecule has 4 heterocycles. The van der Waals surface area contributed by atoms with Crippen LogP contribution in [0.2, 0.25) is 0 Å². The van der Waals surface area contributed by atoms with Crippen LogP contribution < -0.4 is 4.90 Å². The van der Waals surface area contributed by atoms with Crippen molar-refractivity contribution in [2.45, 2.75) is 63.1 Å². The Labute approximate surface area is 242 Å². The van der Waals surface area contributed by atoms with Gasteiger partial charge in [-0.3, -0.25) is 9.48 Å². The van der Waals surface area contributed by atoms with E-state index in [1.165, 1.54) is 10.5 Å². The minimum absolute atomic E-state index is 0.155. The number of hydrogen-bond donors (Lipinski definition) is 0. The zero-order valence-electron chi connectivity index (χ0n) is 23.1. The molecule has 10 nitrogen and oxygen atoms in total. The fourth-order valence-electron chi connectivity index (χ4n) is 6.21. The third-order valence-electron chi connectivity index (χ3n) is 8.40. The number of carbonyl (C=O) groups excluding carboxylic acids is 1. The predicted molar refractivity (Wildman–Crippen MR) is 153 cm³/mol. The number of aryl methyl sites for hydroxylation is 2. The van der Waals surface area contributed by atoms with Gasteiger partial charge in [-0.2, -0.15) is 5.10 Å². The zero-order valence-corrected chi connectivity index (χ0v) is 25.5. The summed E-state index contributed by atoms with van der Waals surface area (Å²) < 4.78 is 35.3. The summed E-state index contributed by atoms with van der Waals surface area (Å²) in [7, 11) is -0.263. The van der Waals surface area contributed by atoms with Crippen molar-refractivity contribution in [1.29, 1.82) is 0 Å². The molecule has 1 spiro atoms. The van der Waals surface area contributed by atoms with Crippen LogP contribution >= 0.6 is 15.9 Å². The van der Waals surface area contributed by atoms with Crippen LogP contribution in [0, 0.1) is 5.92 Å². The number of anilines is 1. The van der Waals surface area contributed by atoms with E-state index in [4.69, 9.17) is 4.74 Å². The molecule has 2 atom stereocenters. The van der Waals surface area contributed by atoms with Gasteiger partial charge < -0.3 is 14.5 Å². The second-order valence-electron chi connectivity index (χ2n) is 11.3. The highest BCUT2D eigenvalue weighted by Crippen LogP contribution is 2.49. The van der Waals surface area contributed by atoms with Crippen molar-refractivity contribution in [3.05, 3.63) is 62.5 Å². The number of hydrogen-bond acceptors (Lipinski definition) is 8. The zero-order chi connectivity index (χ0) is 28.4. The third-order valence-corrected chi connectivity index (χ3v) is 9.73. The molecule has 0 saturated carbocycles. The first-order chi connectivity index (χ1) is 19.0. The molecular formula is C28H33BrN6O4S. The lowest BCUT2D eigenvalue weighted by molar-refractivity contribution is -0.117. The minimum atomic E-state index is -3.67.